The number of esters is 1. The Bertz CT molecular complexity index is 665. The molecule has 2 aromatic rings. The van der Waals surface area contributed by atoms with Crippen molar-refractivity contribution in [3.8, 4) is 0 Å². The number of carbonyl (C=O) groups is 1. The number of hydrogen-bond donors (Lipinski definition) is 0. The van der Waals surface area contributed by atoms with Crippen LogP contribution in [-0.4, -0.2) is 38.8 Å². The first kappa shape index (κ1) is 15.2. The molecule has 3 rings (SSSR count). The molecule has 0 N–H and O–H groups in total. The Labute approximate surface area is 133 Å². The summed E-state index contributed by atoms with van der Waals surface area (Å²) in [5, 5.41) is 7.47. The van der Waals surface area contributed by atoms with Crippen LogP contribution in [0.3, 0.4) is 0 Å². The quantitative estimate of drug-likeness (QED) is 0.808. The van der Waals surface area contributed by atoms with E-state index in [0.717, 1.165) is 29.2 Å². The van der Waals surface area contributed by atoms with Crippen LogP contribution in [0.4, 0.5) is 0 Å². The summed E-state index contributed by atoms with van der Waals surface area (Å²) >= 11 is 1.66. The SMILES string of the molecule is CCOC(=O)c1nn(C)c2c1CN(C(C)c1nccs1)CC2. The fourth-order valence-electron chi connectivity index (χ4n) is 2.90. The molecule has 0 aromatic carbocycles. The Morgan fingerprint density at radius 2 is 2.36 bits per heavy atom. The maximum Gasteiger partial charge on any atom is 0.359 e. The van der Waals surface area contributed by atoms with Crippen molar-refractivity contribution in [3.63, 3.8) is 0 Å². The second-order valence-electron chi connectivity index (χ2n) is 5.38. The summed E-state index contributed by atoms with van der Waals surface area (Å²) in [6.45, 7) is 5.98. The van der Waals surface area contributed by atoms with Gasteiger partial charge in [0, 0.05) is 49.4 Å². The summed E-state index contributed by atoms with van der Waals surface area (Å²) < 4.78 is 6.94. The predicted molar refractivity (Wildman–Crippen MR) is 83.8 cm³/mol. The molecule has 1 aliphatic rings. The van der Waals surface area contributed by atoms with Gasteiger partial charge in [0.15, 0.2) is 5.69 Å². The highest BCUT2D eigenvalue weighted by Gasteiger charge is 2.30. The maximum atomic E-state index is 12.1. The van der Waals surface area contributed by atoms with E-state index in [4.69, 9.17) is 4.74 Å². The van der Waals surface area contributed by atoms with Crippen molar-refractivity contribution in [1.29, 1.82) is 0 Å². The zero-order valence-corrected chi connectivity index (χ0v) is 13.9. The fraction of sp³-hybridized carbons (Fsp3) is 0.533. The molecule has 0 aliphatic carbocycles. The largest absolute Gasteiger partial charge is 0.461 e. The van der Waals surface area contributed by atoms with E-state index in [-0.39, 0.29) is 12.0 Å². The van der Waals surface area contributed by atoms with E-state index in [1.807, 2.05) is 30.2 Å². The number of nitrogens with zero attached hydrogens (tertiary/aromatic N) is 4. The van der Waals surface area contributed by atoms with Crippen molar-refractivity contribution >= 4 is 17.3 Å². The van der Waals surface area contributed by atoms with Gasteiger partial charge in [0.25, 0.3) is 0 Å². The standard InChI is InChI=1S/C15H20N4O2S/c1-4-21-15(20)13-11-9-19(7-5-12(11)18(3)17-13)10(2)14-16-6-8-22-14/h6,8,10H,4-5,7,9H2,1-3H3. The van der Waals surface area contributed by atoms with E-state index < -0.39 is 0 Å². The summed E-state index contributed by atoms with van der Waals surface area (Å²) in [6, 6.07) is 0.239. The molecule has 6 nitrogen and oxygen atoms in total. The minimum Gasteiger partial charge on any atom is -0.461 e. The normalized spacial score (nSPS) is 16.3. The molecular formula is C15H20N4O2S. The van der Waals surface area contributed by atoms with Crippen LogP contribution < -0.4 is 0 Å². The molecule has 0 amide bonds. The van der Waals surface area contributed by atoms with E-state index in [1.165, 1.54) is 0 Å². The molecule has 2 aromatic heterocycles. The highest BCUT2D eigenvalue weighted by molar-refractivity contribution is 7.09. The number of fused-ring (bicyclic) bond motifs is 1. The number of carbonyl (C=O) groups excluding carboxylic acids is 1. The van der Waals surface area contributed by atoms with Gasteiger partial charge in [0.2, 0.25) is 0 Å². The van der Waals surface area contributed by atoms with Crippen LogP contribution in [0, 0.1) is 0 Å². The number of aromatic nitrogens is 3. The van der Waals surface area contributed by atoms with E-state index in [2.05, 4.69) is 21.9 Å². The van der Waals surface area contributed by atoms with Crippen molar-refractivity contribution in [1.82, 2.24) is 19.7 Å². The molecule has 22 heavy (non-hydrogen) atoms. The Hall–Kier alpha value is -1.73. The monoisotopic (exact) mass is 320 g/mol. The van der Waals surface area contributed by atoms with Crippen molar-refractivity contribution in [2.45, 2.75) is 32.9 Å². The molecule has 1 aliphatic heterocycles. The molecule has 1 unspecified atom stereocenters. The van der Waals surface area contributed by atoms with Crippen LogP contribution in [0.5, 0.6) is 0 Å². The number of ether oxygens (including phenoxy) is 1. The van der Waals surface area contributed by atoms with Crippen molar-refractivity contribution in [3.05, 3.63) is 33.5 Å². The Morgan fingerprint density at radius 1 is 1.55 bits per heavy atom. The minimum atomic E-state index is -0.330. The lowest BCUT2D eigenvalue weighted by atomic mass is 10.0. The summed E-state index contributed by atoms with van der Waals surface area (Å²) in [7, 11) is 1.89. The summed E-state index contributed by atoms with van der Waals surface area (Å²) in [5.74, 6) is -0.330. The van der Waals surface area contributed by atoms with Gasteiger partial charge in [0.05, 0.1) is 12.6 Å². The van der Waals surface area contributed by atoms with E-state index in [1.54, 1.807) is 11.3 Å². The number of thiazole rings is 1. The topological polar surface area (TPSA) is 60.2 Å². The molecule has 3 heterocycles. The summed E-state index contributed by atoms with van der Waals surface area (Å²) in [5.41, 5.74) is 2.58. The highest BCUT2D eigenvalue weighted by atomic mass is 32.1. The van der Waals surface area contributed by atoms with Crippen LogP contribution in [-0.2, 0) is 24.8 Å². The van der Waals surface area contributed by atoms with Crippen LogP contribution in [0.1, 0.15) is 46.6 Å². The van der Waals surface area contributed by atoms with Crippen LogP contribution in [0.25, 0.3) is 0 Å². The molecule has 1 atom stereocenters. The van der Waals surface area contributed by atoms with Gasteiger partial charge >= 0.3 is 5.97 Å². The van der Waals surface area contributed by atoms with Gasteiger partial charge < -0.3 is 4.74 Å². The predicted octanol–water partition coefficient (Wildman–Crippen LogP) is 2.17. The third-order valence-electron chi connectivity index (χ3n) is 4.10. The molecular weight excluding hydrogens is 300 g/mol. The fourth-order valence-corrected chi connectivity index (χ4v) is 3.63. The third-order valence-corrected chi connectivity index (χ3v) is 5.04. The molecule has 0 saturated carbocycles. The van der Waals surface area contributed by atoms with E-state index >= 15 is 0 Å². The lowest BCUT2D eigenvalue weighted by Gasteiger charge is -2.31. The van der Waals surface area contributed by atoms with Gasteiger partial charge in [-0.3, -0.25) is 9.58 Å². The number of aryl methyl sites for hydroxylation is 1. The average Bonchev–Trinajstić information content (AvgIpc) is 3.15. The first-order valence-corrected chi connectivity index (χ1v) is 8.35. The third kappa shape index (κ3) is 2.66. The molecule has 0 spiro atoms. The van der Waals surface area contributed by atoms with Crippen molar-refractivity contribution < 1.29 is 9.53 Å². The summed E-state index contributed by atoms with van der Waals surface area (Å²) in [4.78, 5) is 18.9. The molecule has 0 fully saturated rings. The first-order chi connectivity index (χ1) is 10.6. The smallest absolute Gasteiger partial charge is 0.359 e. The Balaban J connectivity index is 1.86. The zero-order chi connectivity index (χ0) is 15.7. The summed E-state index contributed by atoms with van der Waals surface area (Å²) in [6.07, 6.45) is 2.72. The number of hydrogen-bond acceptors (Lipinski definition) is 6. The number of rotatable bonds is 4. The minimum absolute atomic E-state index is 0.239. The van der Waals surface area contributed by atoms with Gasteiger partial charge in [-0.05, 0) is 13.8 Å². The Kier molecular flexibility index (Phi) is 4.26. The van der Waals surface area contributed by atoms with E-state index in [0.29, 0.717) is 18.8 Å². The molecule has 0 saturated heterocycles. The van der Waals surface area contributed by atoms with Gasteiger partial charge in [0.1, 0.15) is 5.01 Å². The van der Waals surface area contributed by atoms with Gasteiger partial charge in [-0.1, -0.05) is 0 Å². The van der Waals surface area contributed by atoms with Crippen LogP contribution in [0.15, 0.2) is 11.6 Å². The highest BCUT2D eigenvalue weighted by Crippen LogP contribution is 2.30. The molecule has 118 valence electrons. The van der Waals surface area contributed by atoms with E-state index in [9.17, 15) is 4.79 Å². The lowest BCUT2D eigenvalue weighted by molar-refractivity contribution is 0.0515. The second kappa shape index (κ2) is 6.18. The van der Waals surface area contributed by atoms with Crippen molar-refractivity contribution in [2.24, 2.45) is 7.05 Å². The van der Waals surface area contributed by atoms with Gasteiger partial charge in [-0.25, -0.2) is 9.78 Å². The van der Waals surface area contributed by atoms with Crippen LogP contribution >= 0.6 is 11.3 Å². The van der Waals surface area contributed by atoms with Gasteiger partial charge in [-0.2, -0.15) is 5.10 Å². The van der Waals surface area contributed by atoms with Gasteiger partial charge in [-0.15, -0.1) is 11.3 Å². The average molecular weight is 320 g/mol. The van der Waals surface area contributed by atoms with Crippen LogP contribution in [0.2, 0.25) is 0 Å². The van der Waals surface area contributed by atoms with Crippen molar-refractivity contribution in [2.75, 3.05) is 13.2 Å². The Morgan fingerprint density at radius 3 is 3.05 bits per heavy atom. The maximum absolute atomic E-state index is 12.1. The molecule has 0 radical (unpaired) electrons. The molecule has 0 bridgehead atoms. The second-order valence-corrected chi connectivity index (χ2v) is 6.31. The zero-order valence-electron chi connectivity index (χ0n) is 13.1. The molecule has 7 heteroatoms. The lowest BCUT2D eigenvalue weighted by Crippen LogP contribution is -2.33. The first-order valence-electron chi connectivity index (χ1n) is 7.47.